The van der Waals surface area contributed by atoms with Crippen LogP contribution in [0.25, 0.3) is 11.5 Å². The number of benzene rings is 1. The summed E-state index contributed by atoms with van der Waals surface area (Å²) in [5.41, 5.74) is 0.532. The molecule has 0 aliphatic rings. The van der Waals surface area contributed by atoms with Crippen molar-refractivity contribution in [3.63, 3.8) is 0 Å². The van der Waals surface area contributed by atoms with E-state index in [0.29, 0.717) is 5.56 Å². The van der Waals surface area contributed by atoms with Crippen molar-refractivity contribution >= 4 is 0 Å². The number of phenols is 2. The van der Waals surface area contributed by atoms with Crippen LogP contribution in [-0.2, 0) is 0 Å². The van der Waals surface area contributed by atoms with Crippen LogP contribution in [0.3, 0.4) is 0 Å². The predicted molar refractivity (Wildman–Crippen MR) is 41.9 cm³/mol. The first-order valence-electron chi connectivity index (χ1n) is 3.49. The summed E-state index contributed by atoms with van der Waals surface area (Å²) in [5.74, 6) is -0.168. The molecule has 13 heavy (non-hydrogen) atoms. The third-order valence-corrected chi connectivity index (χ3v) is 1.55. The lowest BCUT2D eigenvalue weighted by Crippen LogP contribution is -1.77. The van der Waals surface area contributed by atoms with Crippen LogP contribution in [0.15, 0.2) is 22.6 Å². The van der Waals surface area contributed by atoms with Gasteiger partial charge in [-0.25, -0.2) is 0 Å². The minimum Gasteiger partial charge on any atom is -0.504 e. The van der Waals surface area contributed by atoms with Crippen LogP contribution >= 0.6 is 0 Å². The molecule has 2 aromatic rings. The molecule has 0 saturated carbocycles. The highest BCUT2D eigenvalue weighted by Gasteiger charge is 2.06. The molecule has 0 saturated heterocycles. The number of hydrogen-bond donors (Lipinski definition) is 2. The summed E-state index contributed by atoms with van der Waals surface area (Å²) in [6.45, 7) is 0. The molecule has 65 valence electrons. The summed E-state index contributed by atoms with van der Waals surface area (Å²) in [6, 6.07) is 4.22. The second-order valence-electron chi connectivity index (χ2n) is 2.40. The molecule has 2 N–H and O–H groups in total. The van der Waals surface area contributed by atoms with Crippen LogP contribution in [0.5, 0.6) is 11.5 Å². The largest absolute Gasteiger partial charge is 0.504 e. The molecule has 0 unspecified atom stereocenters. The first kappa shape index (κ1) is 7.60. The lowest BCUT2D eigenvalue weighted by Gasteiger charge is -1.97. The van der Waals surface area contributed by atoms with Gasteiger partial charge >= 0.3 is 6.39 Å². The summed E-state index contributed by atoms with van der Waals surface area (Å²) in [7, 11) is 0. The third-order valence-electron chi connectivity index (χ3n) is 1.55. The minimum absolute atomic E-state index is 0.188. The van der Waals surface area contributed by atoms with E-state index >= 15 is 0 Å². The quantitative estimate of drug-likeness (QED) is 0.634. The van der Waals surface area contributed by atoms with Crippen molar-refractivity contribution in [3.05, 3.63) is 24.6 Å². The zero-order chi connectivity index (χ0) is 9.26. The highest BCUT2D eigenvalue weighted by Crippen LogP contribution is 2.29. The monoisotopic (exact) mass is 177 g/mol. The third kappa shape index (κ3) is 1.31. The maximum atomic E-state index is 9.15. The Morgan fingerprint density at radius 2 is 2.08 bits per heavy atom. The normalized spacial score (nSPS) is 10.2. The van der Waals surface area contributed by atoms with Crippen LogP contribution in [-0.4, -0.2) is 20.4 Å². The van der Waals surface area contributed by atoms with E-state index in [9.17, 15) is 0 Å². The van der Waals surface area contributed by atoms with Gasteiger partial charge in [-0.15, -0.1) is 10.2 Å². The molecular formula is C8H5N2O3. The van der Waals surface area contributed by atoms with E-state index in [2.05, 4.69) is 16.6 Å². The Bertz CT molecular complexity index is 411. The molecule has 0 bridgehead atoms. The van der Waals surface area contributed by atoms with Gasteiger partial charge in [0.15, 0.2) is 11.5 Å². The number of hydrogen-bond acceptors (Lipinski definition) is 5. The van der Waals surface area contributed by atoms with Gasteiger partial charge < -0.3 is 14.6 Å². The molecule has 0 spiro atoms. The van der Waals surface area contributed by atoms with Crippen molar-refractivity contribution in [1.82, 2.24) is 10.2 Å². The van der Waals surface area contributed by atoms with Gasteiger partial charge in [-0.1, -0.05) is 0 Å². The van der Waals surface area contributed by atoms with Gasteiger partial charge in [-0.3, -0.25) is 0 Å². The fraction of sp³-hybridized carbons (Fsp3) is 0. The summed E-state index contributed by atoms with van der Waals surface area (Å²) in [5, 5.41) is 25.1. The van der Waals surface area contributed by atoms with E-state index in [1.807, 2.05) is 0 Å². The highest BCUT2D eigenvalue weighted by atomic mass is 16.4. The van der Waals surface area contributed by atoms with Crippen molar-refractivity contribution in [1.29, 1.82) is 0 Å². The first-order chi connectivity index (χ1) is 6.27. The second kappa shape index (κ2) is 2.78. The molecule has 1 aromatic heterocycles. The van der Waals surface area contributed by atoms with Gasteiger partial charge in [-0.05, 0) is 18.2 Å². The van der Waals surface area contributed by atoms with Crippen LogP contribution in [0.2, 0.25) is 0 Å². The average molecular weight is 177 g/mol. The number of aromatic nitrogens is 2. The molecule has 2 rings (SSSR count). The van der Waals surface area contributed by atoms with Gasteiger partial charge in [0, 0.05) is 5.56 Å². The van der Waals surface area contributed by atoms with Crippen molar-refractivity contribution < 1.29 is 14.6 Å². The van der Waals surface area contributed by atoms with E-state index in [1.165, 1.54) is 12.1 Å². The van der Waals surface area contributed by atoms with Crippen molar-refractivity contribution in [2.75, 3.05) is 0 Å². The maximum Gasteiger partial charge on any atom is 0.306 e. The molecule has 1 radical (unpaired) electrons. The van der Waals surface area contributed by atoms with Crippen molar-refractivity contribution in [3.8, 4) is 23.0 Å². The topological polar surface area (TPSA) is 79.4 Å². The van der Waals surface area contributed by atoms with Crippen LogP contribution < -0.4 is 0 Å². The second-order valence-corrected chi connectivity index (χ2v) is 2.40. The van der Waals surface area contributed by atoms with Crippen molar-refractivity contribution in [2.24, 2.45) is 0 Å². The van der Waals surface area contributed by atoms with Crippen molar-refractivity contribution in [2.45, 2.75) is 0 Å². The Labute approximate surface area is 73.3 Å². The number of aromatic hydroxyl groups is 2. The van der Waals surface area contributed by atoms with E-state index in [1.54, 1.807) is 6.07 Å². The van der Waals surface area contributed by atoms with Crippen LogP contribution in [0, 0.1) is 6.39 Å². The molecule has 0 amide bonds. The van der Waals surface area contributed by atoms with E-state index in [0.717, 1.165) is 0 Å². The summed E-state index contributed by atoms with van der Waals surface area (Å²) in [6.07, 6.45) is 2.18. The average Bonchev–Trinajstić information content (AvgIpc) is 2.62. The molecule has 5 nitrogen and oxygen atoms in total. The van der Waals surface area contributed by atoms with E-state index < -0.39 is 0 Å². The highest BCUT2D eigenvalue weighted by molar-refractivity contribution is 5.58. The lowest BCUT2D eigenvalue weighted by molar-refractivity contribution is 0.403. The molecule has 0 fully saturated rings. The fourth-order valence-corrected chi connectivity index (χ4v) is 0.923. The summed E-state index contributed by atoms with van der Waals surface area (Å²) >= 11 is 0. The molecule has 0 aliphatic heterocycles. The molecular weight excluding hydrogens is 172 g/mol. The molecule has 0 atom stereocenters. The van der Waals surface area contributed by atoms with Gasteiger partial charge in [0.1, 0.15) is 0 Å². The Hall–Kier alpha value is -2.04. The smallest absolute Gasteiger partial charge is 0.306 e. The zero-order valence-electron chi connectivity index (χ0n) is 6.43. The van der Waals surface area contributed by atoms with E-state index in [-0.39, 0.29) is 17.4 Å². The Balaban J connectivity index is 2.49. The van der Waals surface area contributed by atoms with Gasteiger partial charge in [0.05, 0.1) is 0 Å². The Kier molecular flexibility index (Phi) is 1.63. The zero-order valence-corrected chi connectivity index (χ0v) is 6.43. The van der Waals surface area contributed by atoms with Crippen LogP contribution in [0.4, 0.5) is 0 Å². The SMILES string of the molecule is Oc1ccc(-c2nn[c]o2)cc1O. The standard InChI is InChI=1S/C8H5N2O3/c11-6-2-1-5(3-7(6)12)8-10-9-4-13-8/h1-3,11-12H. The molecule has 5 heteroatoms. The van der Waals surface area contributed by atoms with Crippen LogP contribution in [0.1, 0.15) is 0 Å². The summed E-state index contributed by atoms with van der Waals surface area (Å²) < 4.78 is 4.77. The Morgan fingerprint density at radius 3 is 2.69 bits per heavy atom. The summed E-state index contributed by atoms with van der Waals surface area (Å²) in [4.78, 5) is 0. The number of nitrogens with zero attached hydrogens (tertiary/aromatic N) is 2. The van der Waals surface area contributed by atoms with E-state index in [4.69, 9.17) is 14.6 Å². The predicted octanol–water partition coefficient (Wildman–Crippen LogP) is 0.948. The molecule has 1 heterocycles. The maximum absolute atomic E-state index is 9.15. The molecule has 0 aliphatic carbocycles. The lowest BCUT2D eigenvalue weighted by atomic mass is 10.2. The number of rotatable bonds is 1. The van der Waals surface area contributed by atoms with Gasteiger partial charge in [-0.2, -0.15) is 0 Å². The number of phenolic OH excluding ortho intramolecular Hbond substituents is 2. The Morgan fingerprint density at radius 1 is 1.23 bits per heavy atom. The first-order valence-corrected chi connectivity index (χ1v) is 3.49. The molecule has 1 aromatic carbocycles. The van der Waals surface area contributed by atoms with Gasteiger partial charge in [0.25, 0.3) is 0 Å². The fourth-order valence-electron chi connectivity index (χ4n) is 0.923. The minimum atomic E-state index is -0.226. The van der Waals surface area contributed by atoms with Gasteiger partial charge in [0.2, 0.25) is 5.89 Å².